The highest BCUT2D eigenvalue weighted by Crippen LogP contribution is 2.51. The van der Waals surface area contributed by atoms with Gasteiger partial charge >= 0.3 is 11.8 Å². The number of rotatable bonds is 37. The number of aryl methyl sites for hydroxylation is 2. The molecule has 8 rings (SSSR count). The predicted molar refractivity (Wildman–Crippen MR) is 386 cm³/mol. The van der Waals surface area contributed by atoms with Crippen molar-refractivity contribution in [2.45, 2.75) is 123 Å². The van der Waals surface area contributed by atoms with Crippen LogP contribution in [-0.2, 0) is 33.7 Å². The molecule has 534 valence electrons. The maximum absolute atomic E-state index is 13.9. The van der Waals surface area contributed by atoms with Crippen molar-refractivity contribution in [3.05, 3.63) is 210 Å². The third-order valence-electron chi connectivity index (χ3n) is 16.7. The van der Waals surface area contributed by atoms with Crippen molar-refractivity contribution < 1.29 is 52.0 Å². The van der Waals surface area contributed by atoms with Gasteiger partial charge in [-0.2, -0.15) is 10.4 Å². The van der Waals surface area contributed by atoms with E-state index in [0.29, 0.717) is 78.9 Å². The zero-order valence-corrected chi connectivity index (χ0v) is 59.6. The van der Waals surface area contributed by atoms with Crippen LogP contribution in [-0.4, -0.2) is 123 Å². The first-order valence-electron chi connectivity index (χ1n) is 33.5. The van der Waals surface area contributed by atoms with Gasteiger partial charge in [0.1, 0.15) is 47.5 Å². The molecule has 4 atom stereocenters. The van der Waals surface area contributed by atoms with E-state index in [9.17, 15) is 34.6 Å². The van der Waals surface area contributed by atoms with Crippen LogP contribution < -0.4 is 41.0 Å². The summed E-state index contributed by atoms with van der Waals surface area (Å²) < 4.78 is 53.2. The Morgan fingerprint density at radius 3 is 2.04 bits per heavy atom. The average molecular weight is 1400 g/mol. The van der Waals surface area contributed by atoms with Gasteiger partial charge in [-0.15, -0.1) is 15.3 Å². The van der Waals surface area contributed by atoms with E-state index in [0.717, 1.165) is 40.8 Å². The second-order valence-corrected chi connectivity index (χ2v) is 25.7. The number of carbonyl (C=O) groups excluding carboxylic acids is 2. The highest BCUT2D eigenvalue weighted by atomic mass is 31.2. The summed E-state index contributed by atoms with van der Waals surface area (Å²) in [6, 6.07) is 42.8. The van der Waals surface area contributed by atoms with Crippen LogP contribution in [0, 0.1) is 35.3 Å². The topological polar surface area (TPSA) is 310 Å². The van der Waals surface area contributed by atoms with Gasteiger partial charge in [0.25, 0.3) is 19.8 Å². The molecular formula is C74H89N12O14P. The summed E-state index contributed by atoms with van der Waals surface area (Å²) in [6.07, 6.45) is 4.03. The van der Waals surface area contributed by atoms with Crippen molar-refractivity contribution in [1.29, 1.82) is 5.26 Å². The Labute approximate surface area is 589 Å². The summed E-state index contributed by atoms with van der Waals surface area (Å²) in [7, 11) is 2.90. The third kappa shape index (κ3) is 21.0. The molecule has 0 spiro atoms. The normalized spacial score (nSPS) is 15.0. The van der Waals surface area contributed by atoms with Gasteiger partial charge in [-0.25, -0.2) is 14.3 Å². The lowest BCUT2D eigenvalue weighted by atomic mass is 9.80. The number of hydrogen-bond acceptors (Lipinski definition) is 21. The van der Waals surface area contributed by atoms with Crippen LogP contribution >= 0.6 is 8.53 Å². The van der Waals surface area contributed by atoms with Gasteiger partial charge in [-0.1, -0.05) is 73.5 Å². The zero-order chi connectivity index (χ0) is 72.4. The van der Waals surface area contributed by atoms with Crippen molar-refractivity contribution in [2.24, 2.45) is 20.5 Å². The number of ether oxygens (including phenoxy) is 6. The number of nitro benzene ring substituents is 1. The number of nitrogens with one attached hydrogen (secondary N) is 3. The number of likely N-dealkylation sites (N-methyl/N-ethyl adjacent to an activating group) is 1. The smallest absolute Gasteiger partial charge is 0.407 e. The van der Waals surface area contributed by atoms with Crippen molar-refractivity contribution >= 4 is 60.7 Å². The minimum atomic E-state index is -1.81. The van der Waals surface area contributed by atoms with Gasteiger partial charge in [-0.3, -0.25) is 29.3 Å². The fourth-order valence-electron chi connectivity index (χ4n) is 11.5. The number of nitro groups is 1. The first-order valence-corrected chi connectivity index (χ1v) is 34.7. The first kappa shape index (κ1) is 76.7. The molecule has 27 heteroatoms. The van der Waals surface area contributed by atoms with E-state index in [-0.39, 0.29) is 61.7 Å². The number of alkyl carbamates (subject to hydrolysis) is 1. The molecule has 1 fully saturated rings. The number of hydrogen-bond donors (Lipinski definition) is 3. The number of aromatic nitrogens is 2. The molecule has 0 saturated carbocycles. The Hall–Kier alpha value is -10.0. The average Bonchev–Trinajstić information content (AvgIpc) is 1.36. The molecule has 7 aromatic rings. The maximum atomic E-state index is 13.9. The van der Waals surface area contributed by atoms with Crippen LogP contribution in [0.5, 0.6) is 17.2 Å². The molecule has 1 aromatic heterocycles. The summed E-state index contributed by atoms with van der Waals surface area (Å²) in [5, 5.41) is 44.0. The van der Waals surface area contributed by atoms with E-state index >= 15 is 0 Å². The number of H-pyrrole nitrogens is 1. The lowest BCUT2D eigenvalue weighted by Crippen LogP contribution is -2.39. The van der Waals surface area contributed by atoms with E-state index < -0.39 is 60.7 Å². The van der Waals surface area contributed by atoms with Gasteiger partial charge in [0.2, 0.25) is 5.91 Å². The van der Waals surface area contributed by atoms with Crippen LogP contribution in [0.15, 0.2) is 176 Å². The van der Waals surface area contributed by atoms with Crippen LogP contribution in [0.4, 0.5) is 38.9 Å². The molecule has 0 bridgehead atoms. The molecule has 2 amide bonds. The number of benzene rings is 6. The third-order valence-corrected chi connectivity index (χ3v) is 18.8. The van der Waals surface area contributed by atoms with Crippen LogP contribution in [0.1, 0.15) is 113 Å². The van der Waals surface area contributed by atoms with Crippen molar-refractivity contribution in [3.63, 3.8) is 0 Å². The molecule has 2 heterocycles. The fraction of sp³-hybridized carbons (Fsp3) is 0.392. The summed E-state index contributed by atoms with van der Waals surface area (Å²) in [6.45, 7) is 15.8. The Morgan fingerprint density at radius 2 is 1.43 bits per heavy atom. The number of nitriles is 1. The second kappa shape index (κ2) is 38.0. The number of aromatic amines is 1. The van der Waals surface area contributed by atoms with Gasteiger partial charge in [-0.05, 0) is 156 Å². The number of unbranched alkanes of at least 4 members (excludes halogenated alkanes) is 3. The largest absolute Gasteiger partial charge is 0.497 e. The van der Waals surface area contributed by atoms with Crippen LogP contribution in [0.2, 0.25) is 0 Å². The van der Waals surface area contributed by atoms with Crippen molar-refractivity contribution in [1.82, 2.24) is 24.9 Å². The molecule has 1 aliphatic heterocycles. The Balaban J connectivity index is 0.822. The number of methoxy groups -OCH3 is 3. The molecular weight excluding hydrogens is 1310 g/mol. The highest BCUT2D eigenvalue weighted by Gasteiger charge is 2.45. The van der Waals surface area contributed by atoms with E-state index in [1.165, 1.54) is 36.1 Å². The Bertz CT molecular complexity index is 4070. The summed E-state index contributed by atoms with van der Waals surface area (Å²) in [5.74, 6) is 1.26. The molecule has 101 heavy (non-hydrogen) atoms. The number of amides is 2. The Morgan fingerprint density at radius 1 is 0.792 bits per heavy atom. The molecule has 0 radical (unpaired) electrons. The van der Waals surface area contributed by atoms with Gasteiger partial charge < -0.3 is 53.0 Å². The summed E-state index contributed by atoms with van der Waals surface area (Å²) in [4.78, 5) is 68.6. The van der Waals surface area contributed by atoms with Gasteiger partial charge in [0.05, 0.1) is 81.5 Å². The standard InChI is InChI=1S/C74H89N12O14P/c1-11-83(59-30-28-58(29-31-59)79-82-64-45-53(7)63(46-66(64)95-10)81-80-62-36-22-52(6)44-65(62)86(91)92)41-43-96-73(90)77-40-18-13-12-17-39-76-69(87)37-23-54-48-84(72(89)78-71(54)88)70-47-67(100-101(98-42-19-38-75)85(50(2)3)51(4)5)68(99-70)49-97-74(55-20-15-14-16-21-55,56-24-32-60(93-8)33-25-56)57-26-34-61(94-9)35-27-57/h14-16,20-37,44-46,48,50-51,67-68,70H,11-13,17-19,39-43,47,49H2,1-10H3,(H,76,87)(H,77,90)(H,78,88,89)/b37-23+,81-80?,82-79?/t67-,68+,70+,101?/m0/s1. The zero-order valence-electron chi connectivity index (χ0n) is 58.7. The Kier molecular flexibility index (Phi) is 28.9. The minimum absolute atomic E-state index is 0.0234. The predicted octanol–water partition coefficient (Wildman–Crippen LogP) is 14.8. The number of anilines is 1. The summed E-state index contributed by atoms with van der Waals surface area (Å²) in [5.41, 5.74) is 3.60. The number of carbonyl (C=O) groups is 2. The van der Waals surface area contributed by atoms with E-state index in [1.54, 1.807) is 45.4 Å². The minimum Gasteiger partial charge on any atom is -0.497 e. The number of azo groups is 2. The summed E-state index contributed by atoms with van der Waals surface area (Å²) >= 11 is 0. The van der Waals surface area contributed by atoms with Crippen molar-refractivity contribution in [3.8, 4) is 23.3 Å². The number of nitrogens with zero attached hydrogens (tertiary/aromatic N) is 9. The molecule has 3 N–H and O–H groups in total. The monoisotopic (exact) mass is 1400 g/mol. The highest BCUT2D eigenvalue weighted by molar-refractivity contribution is 7.44. The maximum Gasteiger partial charge on any atom is 0.407 e. The molecule has 6 aromatic carbocycles. The molecule has 26 nitrogen and oxygen atoms in total. The van der Waals surface area contributed by atoms with E-state index in [4.69, 9.17) is 37.5 Å². The quantitative estimate of drug-likeness (QED) is 0.00620. The molecule has 1 unspecified atom stereocenters. The van der Waals surface area contributed by atoms with Crippen LogP contribution in [0.3, 0.4) is 0 Å². The second-order valence-electron chi connectivity index (χ2n) is 24.3. The molecule has 1 aliphatic rings. The first-order chi connectivity index (χ1) is 48.8. The van der Waals surface area contributed by atoms with E-state index in [1.807, 2.05) is 145 Å². The van der Waals surface area contributed by atoms with E-state index in [2.05, 4.69) is 51.7 Å². The van der Waals surface area contributed by atoms with Gasteiger partial charge in [0, 0.05) is 68.2 Å². The lowest BCUT2D eigenvalue weighted by molar-refractivity contribution is -0.384. The van der Waals surface area contributed by atoms with Crippen LogP contribution in [0.25, 0.3) is 6.08 Å². The van der Waals surface area contributed by atoms with Gasteiger partial charge in [0.15, 0.2) is 5.69 Å². The molecule has 0 aliphatic carbocycles. The SMILES string of the molecule is CCN(CCOC(=O)NCCCCCCNC(=O)/C=C/c1cn([C@H]2C[C@H](OP(OCCC#N)N(C(C)C)C(C)C)[C@@H](COC(c3ccccc3)(c3ccc(OC)cc3)c3ccc(OC)cc3)O2)c(=O)[nH]c1=O)c1ccc(N=Nc2cc(C)c(N=Nc3ccc(C)cc3[N+](=O)[O-])cc2OC)cc1. The fourth-order valence-corrected chi connectivity index (χ4v) is 13.2. The van der Waals surface area contributed by atoms with Crippen molar-refractivity contribution in [2.75, 3.05) is 72.2 Å². The molecule has 1 saturated heterocycles. The lowest BCUT2D eigenvalue weighted by Gasteiger charge is -2.39.